The third-order valence-corrected chi connectivity index (χ3v) is 3.89. The van der Waals surface area contributed by atoms with Crippen LogP contribution in [0.25, 0.3) is 0 Å². The van der Waals surface area contributed by atoms with Crippen molar-refractivity contribution < 1.29 is 9.18 Å². The molecular weight excluding hydrogens is 302 g/mol. The third kappa shape index (κ3) is 4.08. The van der Waals surface area contributed by atoms with E-state index >= 15 is 0 Å². The van der Waals surface area contributed by atoms with Gasteiger partial charge in [-0.25, -0.2) is 4.39 Å². The van der Waals surface area contributed by atoms with Crippen molar-refractivity contribution in [3.8, 4) is 0 Å². The fourth-order valence-corrected chi connectivity index (χ4v) is 2.65. The largest absolute Gasteiger partial charge is 0.339 e. The van der Waals surface area contributed by atoms with Gasteiger partial charge in [0.15, 0.2) is 0 Å². The van der Waals surface area contributed by atoms with Crippen molar-refractivity contribution in [3.63, 3.8) is 0 Å². The number of nitrogens with one attached hydrogen (secondary N) is 1. The molecule has 0 saturated carbocycles. The molecule has 0 aliphatic carbocycles. The number of rotatable bonds is 2. The molecule has 1 aliphatic heterocycles. The maximum atomic E-state index is 13.0. The van der Waals surface area contributed by atoms with E-state index in [1.54, 1.807) is 11.9 Å². The Hall–Kier alpha value is -0.840. The Morgan fingerprint density at radius 2 is 2.15 bits per heavy atom. The van der Waals surface area contributed by atoms with E-state index in [0.717, 1.165) is 32.4 Å². The third-order valence-electron chi connectivity index (χ3n) is 3.57. The monoisotopic (exact) mass is 320 g/mol. The minimum atomic E-state index is -0.428. The zero-order valence-corrected chi connectivity index (χ0v) is 12.9. The molecule has 1 aromatic rings. The summed E-state index contributed by atoms with van der Waals surface area (Å²) in [4.78, 5) is 14.1. The minimum absolute atomic E-state index is 0. The lowest BCUT2D eigenvalue weighted by molar-refractivity contribution is 0.0720. The summed E-state index contributed by atoms with van der Waals surface area (Å²) < 4.78 is 13.0. The molecule has 2 rings (SSSR count). The van der Waals surface area contributed by atoms with Crippen LogP contribution in [0.1, 0.15) is 29.6 Å². The highest BCUT2D eigenvalue weighted by Gasteiger charge is 2.23. The highest BCUT2D eigenvalue weighted by molar-refractivity contribution is 6.33. The van der Waals surface area contributed by atoms with Gasteiger partial charge in [0, 0.05) is 13.1 Å². The van der Waals surface area contributed by atoms with Crippen molar-refractivity contribution in [2.45, 2.75) is 25.3 Å². The smallest absolute Gasteiger partial charge is 0.255 e. The van der Waals surface area contributed by atoms with Gasteiger partial charge < -0.3 is 10.2 Å². The van der Waals surface area contributed by atoms with Crippen LogP contribution in [0, 0.1) is 5.82 Å². The molecule has 1 unspecified atom stereocenters. The Labute approximate surface area is 129 Å². The molecule has 112 valence electrons. The molecule has 1 N–H and O–H groups in total. The van der Waals surface area contributed by atoms with E-state index in [-0.39, 0.29) is 29.4 Å². The van der Waals surface area contributed by atoms with Gasteiger partial charge in [-0.1, -0.05) is 11.6 Å². The van der Waals surface area contributed by atoms with Crippen molar-refractivity contribution in [1.29, 1.82) is 0 Å². The zero-order chi connectivity index (χ0) is 13.8. The Morgan fingerprint density at radius 3 is 2.85 bits per heavy atom. The van der Waals surface area contributed by atoms with Crippen molar-refractivity contribution in [2.24, 2.45) is 0 Å². The van der Waals surface area contributed by atoms with E-state index < -0.39 is 5.82 Å². The average molecular weight is 321 g/mol. The van der Waals surface area contributed by atoms with Crippen LogP contribution in [-0.4, -0.2) is 37.0 Å². The van der Waals surface area contributed by atoms with E-state index in [1.807, 2.05) is 0 Å². The second-order valence-corrected chi connectivity index (χ2v) is 5.28. The molecule has 1 amide bonds. The van der Waals surface area contributed by atoms with E-state index in [9.17, 15) is 9.18 Å². The van der Waals surface area contributed by atoms with Crippen LogP contribution in [0.3, 0.4) is 0 Å². The predicted octanol–water partition coefficient (Wildman–Crippen LogP) is 3.12. The van der Waals surface area contributed by atoms with Crippen molar-refractivity contribution in [1.82, 2.24) is 10.2 Å². The van der Waals surface area contributed by atoms with Crippen LogP contribution in [0.15, 0.2) is 18.2 Å². The zero-order valence-electron chi connectivity index (χ0n) is 11.4. The van der Waals surface area contributed by atoms with E-state index in [0.29, 0.717) is 5.56 Å². The van der Waals surface area contributed by atoms with Gasteiger partial charge in [0.05, 0.1) is 10.6 Å². The standard InChI is InChI=1S/C14H18ClFN2O.ClH/c1-18(11-3-2-7-17-8-6-11)14(19)12-5-4-10(16)9-13(12)15;/h4-5,9,11,17H,2-3,6-8H2,1H3;1H. The molecule has 1 aliphatic rings. The number of halogens is 3. The molecule has 1 aromatic carbocycles. The number of nitrogens with zero attached hydrogens (tertiary/aromatic N) is 1. The summed E-state index contributed by atoms with van der Waals surface area (Å²) in [5, 5.41) is 3.49. The van der Waals surface area contributed by atoms with Gasteiger partial charge in [0.2, 0.25) is 0 Å². The normalized spacial score (nSPS) is 18.9. The van der Waals surface area contributed by atoms with Crippen molar-refractivity contribution in [2.75, 3.05) is 20.1 Å². The summed E-state index contributed by atoms with van der Waals surface area (Å²) in [7, 11) is 1.79. The van der Waals surface area contributed by atoms with E-state index in [1.165, 1.54) is 18.2 Å². The average Bonchev–Trinajstić information content (AvgIpc) is 2.66. The molecule has 1 fully saturated rings. The number of benzene rings is 1. The van der Waals surface area contributed by atoms with Crippen LogP contribution < -0.4 is 5.32 Å². The fourth-order valence-electron chi connectivity index (χ4n) is 2.41. The van der Waals surface area contributed by atoms with E-state index in [2.05, 4.69) is 5.32 Å². The van der Waals surface area contributed by atoms with Gasteiger partial charge in [0.1, 0.15) is 5.82 Å². The lowest BCUT2D eigenvalue weighted by Crippen LogP contribution is -2.37. The second kappa shape index (κ2) is 7.81. The number of carbonyl (C=O) groups is 1. The molecule has 0 aromatic heterocycles. The fraction of sp³-hybridized carbons (Fsp3) is 0.500. The number of hydrogen-bond donors (Lipinski definition) is 1. The molecule has 0 radical (unpaired) electrons. The van der Waals surface area contributed by atoms with Gasteiger partial charge in [0.25, 0.3) is 5.91 Å². The van der Waals surface area contributed by atoms with Crippen LogP contribution >= 0.6 is 24.0 Å². The molecule has 0 bridgehead atoms. The number of carbonyl (C=O) groups excluding carboxylic acids is 1. The summed E-state index contributed by atoms with van der Waals surface area (Å²) in [6, 6.07) is 4.10. The van der Waals surface area contributed by atoms with Crippen molar-refractivity contribution in [3.05, 3.63) is 34.6 Å². The molecule has 20 heavy (non-hydrogen) atoms. The molecule has 1 heterocycles. The number of hydrogen-bond acceptors (Lipinski definition) is 2. The lowest BCUT2D eigenvalue weighted by Gasteiger charge is -2.27. The quantitative estimate of drug-likeness (QED) is 0.908. The van der Waals surface area contributed by atoms with Crippen LogP contribution in [0.5, 0.6) is 0 Å². The summed E-state index contributed by atoms with van der Waals surface area (Å²) >= 11 is 5.94. The number of amides is 1. The maximum Gasteiger partial charge on any atom is 0.255 e. The lowest BCUT2D eigenvalue weighted by atomic mass is 10.1. The molecule has 1 atom stereocenters. The van der Waals surface area contributed by atoms with Crippen LogP contribution in [0.4, 0.5) is 4.39 Å². The van der Waals surface area contributed by atoms with Gasteiger partial charge in [-0.15, -0.1) is 12.4 Å². The second-order valence-electron chi connectivity index (χ2n) is 4.87. The maximum absolute atomic E-state index is 13.0. The van der Waals surface area contributed by atoms with Gasteiger partial charge in [-0.2, -0.15) is 0 Å². The summed E-state index contributed by atoms with van der Waals surface area (Å²) in [6.07, 6.45) is 2.97. The summed E-state index contributed by atoms with van der Waals surface area (Å²) in [5.74, 6) is -0.570. The predicted molar refractivity (Wildman–Crippen MR) is 81.3 cm³/mol. The Morgan fingerprint density at radius 1 is 1.40 bits per heavy atom. The van der Waals surface area contributed by atoms with Gasteiger partial charge in [-0.05, 0) is 50.6 Å². The van der Waals surface area contributed by atoms with Crippen LogP contribution in [-0.2, 0) is 0 Å². The topological polar surface area (TPSA) is 32.3 Å². The molecule has 6 heteroatoms. The Bertz CT molecular complexity index is 462. The molecule has 0 spiro atoms. The molecule has 1 saturated heterocycles. The summed E-state index contributed by atoms with van der Waals surface area (Å²) in [5.41, 5.74) is 0.364. The SMILES string of the molecule is CN(C(=O)c1ccc(F)cc1Cl)C1CCCNCC1.Cl. The van der Waals surface area contributed by atoms with Gasteiger partial charge >= 0.3 is 0 Å². The Balaban J connectivity index is 0.00000200. The first-order chi connectivity index (χ1) is 9.09. The highest BCUT2D eigenvalue weighted by atomic mass is 35.5. The molecule has 3 nitrogen and oxygen atoms in total. The first-order valence-electron chi connectivity index (χ1n) is 6.52. The Kier molecular flexibility index (Phi) is 6.72. The van der Waals surface area contributed by atoms with Gasteiger partial charge in [-0.3, -0.25) is 4.79 Å². The first-order valence-corrected chi connectivity index (χ1v) is 6.90. The molecular formula is C14H19Cl2FN2O. The summed E-state index contributed by atoms with van der Waals surface area (Å²) in [6.45, 7) is 1.91. The minimum Gasteiger partial charge on any atom is -0.339 e. The van der Waals surface area contributed by atoms with Crippen molar-refractivity contribution >= 4 is 29.9 Å². The van der Waals surface area contributed by atoms with Crippen LogP contribution in [0.2, 0.25) is 5.02 Å². The van der Waals surface area contributed by atoms with E-state index in [4.69, 9.17) is 11.6 Å². The highest BCUT2D eigenvalue weighted by Crippen LogP contribution is 2.21. The first kappa shape index (κ1) is 17.2.